The van der Waals surface area contributed by atoms with Gasteiger partial charge in [0.15, 0.2) is 17.1 Å². The van der Waals surface area contributed by atoms with Crippen molar-refractivity contribution in [3.8, 4) is 16.9 Å². The van der Waals surface area contributed by atoms with Gasteiger partial charge in [0.25, 0.3) is 5.91 Å². The van der Waals surface area contributed by atoms with Gasteiger partial charge in [-0.3, -0.25) is 9.59 Å². The van der Waals surface area contributed by atoms with Crippen molar-refractivity contribution in [2.24, 2.45) is 0 Å². The van der Waals surface area contributed by atoms with Gasteiger partial charge in [-0.25, -0.2) is 14.3 Å². The standard InChI is InChI=1S/C30H24N4O5/c1-18-23(19-10-6-4-7-11-19)28-32-25(30(37)39-3)24(27(35)20-12-8-5-9-13-20)26(34(28)33-18)29(36)31-21-14-16-22(38-2)17-15-21/h4-17H,1-3H3,(H,31,36). The van der Waals surface area contributed by atoms with Crippen LogP contribution in [-0.4, -0.2) is 46.5 Å². The van der Waals surface area contributed by atoms with E-state index in [0.29, 0.717) is 22.7 Å². The summed E-state index contributed by atoms with van der Waals surface area (Å²) in [6, 6.07) is 24.4. The molecule has 5 rings (SSSR count). The molecule has 0 fully saturated rings. The maximum absolute atomic E-state index is 13.9. The number of nitrogens with one attached hydrogen (secondary N) is 1. The topological polar surface area (TPSA) is 112 Å². The summed E-state index contributed by atoms with van der Waals surface area (Å²) in [5.41, 5.74) is 2.30. The normalized spacial score (nSPS) is 10.7. The van der Waals surface area contributed by atoms with Crippen LogP contribution < -0.4 is 10.1 Å². The van der Waals surface area contributed by atoms with Crippen LogP contribution in [0.5, 0.6) is 5.75 Å². The molecule has 0 unspecified atom stereocenters. The Balaban J connectivity index is 1.81. The lowest BCUT2D eigenvalue weighted by atomic mass is 9.98. The lowest BCUT2D eigenvalue weighted by Crippen LogP contribution is -2.26. The second kappa shape index (κ2) is 10.6. The first-order chi connectivity index (χ1) is 18.9. The van der Waals surface area contributed by atoms with Crippen molar-refractivity contribution in [2.75, 3.05) is 19.5 Å². The molecule has 1 N–H and O–H groups in total. The molecule has 5 aromatic rings. The van der Waals surface area contributed by atoms with Crippen LogP contribution in [0.2, 0.25) is 0 Å². The van der Waals surface area contributed by atoms with Crippen LogP contribution in [0, 0.1) is 6.92 Å². The summed E-state index contributed by atoms with van der Waals surface area (Å²) in [6.07, 6.45) is 0. The first kappa shape index (κ1) is 25.3. The van der Waals surface area contributed by atoms with Gasteiger partial charge < -0.3 is 14.8 Å². The number of hydrogen-bond donors (Lipinski definition) is 1. The fourth-order valence-corrected chi connectivity index (χ4v) is 4.36. The van der Waals surface area contributed by atoms with Gasteiger partial charge in [-0.05, 0) is 36.8 Å². The quantitative estimate of drug-likeness (QED) is 0.238. The average Bonchev–Trinajstić information content (AvgIpc) is 3.31. The largest absolute Gasteiger partial charge is 0.497 e. The van der Waals surface area contributed by atoms with Crippen molar-refractivity contribution in [3.05, 3.63) is 113 Å². The Kier molecular flexibility index (Phi) is 6.88. The van der Waals surface area contributed by atoms with E-state index in [1.54, 1.807) is 68.6 Å². The molecule has 0 bridgehead atoms. The van der Waals surface area contributed by atoms with Crippen LogP contribution in [0.3, 0.4) is 0 Å². The fourth-order valence-electron chi connectivity index (χ4n) is 4.36. The molecule has 0 aliphatic carbocycles. The second-order valence-electron chi connectivity index (χ2n) is 8.62. The number of hydrogen-bond acceptors (Lipinski definition) is 7. The van der Waals surface area contributed by atoms with Gasteiger partial charge in [0.05, 0.1) is 25.5 Å². The van der Waals surface area contributed by atoms with E-state index in [-0.39, 0.29) is 28.2 Å². The Morgan fingerprint density at radius 3 is 2.10 bits per heavy atom. The molecule has 3 aromatic carbocycles. The lowest BCUT2D eigenvalue weighted by Gasteiger charge is -2.15. The van der Waals surface area contributed by atoms with E-state index in [1.165, 1.54) is 11.6 Å². The Hall–Kier alpha value is -5.31. The number of ketones is 1. The molecule has 9 nitrogen and oxygen atoms in total. The van der Waals surface area contributed by atoms with Crippen LogP contribution in [0.15, 0.2) is 84.9 Å². The van der Waals surface area contributed by atoms with Crippen molar-refractivity contribution >= 4 is 29.0 Å². The second-order valence-corrected chi connectivity index (χ2v) is 8.62. The number of methoxy groups -OCH3 is 2. The minimum atomic E-state index is -0.854. The number of amides is 1. The third kappa shape index (κ3) is 4.73. The molecular weight excluding hydrogens is 496 g/mol. The molecule has 0 aliphatic rings. The molecule has 0 saturated carbocycles. The summed E-state index contributed by atoms with van der Waals surface area (Å²) >= 11 is 0. The van der Waals surface area contributed by atoms with Crippen molar-refractivity contribution in [3.63, 3.8) is 0 Å². The number of aryl methyl sites for hydroxylation is 1. The molecular formula is C30H24N4O5. The highest BCUT2D eigenvalue weighted by atomic mass is 16.5. The lowest BCUT2D eigenvalue weighted by molar-refractivity contribution is 0.0590. The third-order valence-corrected chi connectivity index (χ3v) is 6.21. The Bertz CT molecular complexity index is 1700. The molecule has 0 saturated heterocycles. The SMILES string of the molecule is COC(=O)c1nc2c(-c3ccccc3)c(C)nn2c(C(=O)Nc2ccc(OC)cc2)c1C(=O)c1ccccc1. The number of carbonyl (C=O) groups excluding carboxylic acids is 3. The molecule has 1 amide bonds. The van der Waals surface area contributed by atoms with Crippen molar-refractivity contribution < 1.29 is 23.9 Å². The molecule has 2 heterocycles. The zero-order chi connectivity index (χ0) is 27.5. The molecule has 39 heavy (non-hydrogen) atoms. The number of carbonyl (C=O) groups is 3. The molecule has 9 heteroatoms. The van der Waals surface area contributed by atoms with E-state index < -0.39 is 17.7 Å². The van der Waals surface area contributed by atoms with E-state index in [0.717, 1.165) is 5.56 Å². The maximum Gasteiger partial charge on any atom is 0.357 e. The zero-order valence-electron chi connectivity index (χ0n) is 21.5. The van der Waals surface area contributed by atoms with Crippen LogP contribution in [-0.2, 0) is 4.74 Å². The van der Waals surface area contributed by atoms with Crippen LogP contribution >= 0.6 is 0 Å². The van der Waals surface area contributed by atoms with Gasteiger partial charge in [0, 0.05) is 16.8 Å². The molecule has 0 atom stereocenters. The number of esters is 1. The van der Waals surface area contributed by atoms with Gasteiger partial charge in [-0.1, -0.05) is 60.7 Å². The third-order valence-electron chi connectivity index (χ3n) is 6.21. The minimum Gasteiger partial charge on any atom is -0.497 e. The Labute approximate surface area is 224 Å². The zero-order valence-corrected chi connectivity index (χ0v) is 21.5. The summed E-state index contributed by atoms with van der Waals surface area (Å²) in [6.45, 7) is 1.78. The number of ether oxygens (including phenoxy) is 2. The van der Waals surface area contributed by atoms with Crippen LogP contribution in [0.4, 0.5) is 5.69 Å². The maximum atomic E-state index is 13.9. The molecule has 2 aromatic heterocycles. The average molecular weight is 521 g/mol. The van der Waals surface area contributed by atoms with Crippen molar-refractivity contribution in [1.82, 2.24) is 14.6 Å². The first-order valence-electron chi connectivity index (χ1n) is 12.0. The Morgan fingerprint density at radius 2 is 1.49 bits per heavy atom. The fraction of sp³-hybridized carbons (Fsp3) is 0.100. The van der Waals surface area contributed by atoms with Gasteiger partial charge >= 0.3 is 5.97 Å². The minimum absolute atomic E-state index is 0.143. The monoisotopic (exact) mass is 520 g/mol. The number of anilines is 1. The summed E-state index contributed by atoms with van der Waals surface area (Å²) in [4.78, 5) is 45.4. The number of benzene rings is 3. The first-order valence-corrected chi connectivity index (χ1v) is 12.0. The van der Waals surface area contributed by atoms with E-state index in [2.05, 4.69) is 15.4 Å². The predicted octanol–water partition coefficient (Wildman–Crippen LogP) is 4.98. The number of rotatable bonds is 7. The summed E-state index contributed by atoms with van der Waals surface area (Å²) in [7, 11) is 2.74. The van der Waals surface area contributed by atoms with Crippen molar-refractivity contribution in [1.29, 1.82) is 0 Å². The Morgan fingerprint density at radius 1 is 0.846 bits per heavy atom. The van der Waals surface area contributed by atoms with Gasteiger partial charge in [0.2, 0.25) is 0 Å². The van der Waals surface area contributed by atoms with E-state index in [4.69, 9.17) is 9.47 Å². The van der Waals surface area contributed by atoms with Gasteiger partial charge in [0.1, 0.15) is 11.4 Å². The highest BCUT2D eigenvalue weighted by Crippen LogP contribution is 2.31. The summed E-state index contributed by atoms with van der Waals surface area (Å²) < 4.78 is 11.5. The summed E-state index contributed by atoms with van der Waals surface area (Å²) in [5, 5.41) is 7.43. The number of fused-ring (bicyclic) bond motifs is 1. The van der Waals surface area contributed by atoms with E-state index in [1.807, 2.05) is 30.3 Å². The van der Waals surface area contributed by atoms with E-state index >= 15 is 0 Å². The number of aromatic nitrogens is 3. The number of nitrogens with zero attached hydrogens (tertiary/aromatic N) is 3. The van der Waals surface area contributed by atoms with Crippen molar-refractivity contribution in [2.45, 2.75) is 6.92 Å². The van der Waals surface area contributed by atoms with Crippen LogP contribution in [0.1, 0.15) is 42.6 Å². The molecule has 0 aliphatic heterocycles. The highest BCUT2D eigenvalue weighted by molar-refractivity contribution is 6.21. The summed E-state index contributed by atoms with van der Waals surface area (Å²) in [5.74, 6) is -1.46. The molecule has 0 radical (unpaired) electrons. The predicted molar refractivity (Wildman–Crippen MR) is 145 cm³/mol. The van der Waals surface area contributed by atoms with Gasteiger partial charge in [-0.15, -0.1) is 0 Å². The van der Waals surface area contributed by atoms with Crippen LogP contribution in [0.25, 0.3) is 16.8 Å². The van der Waals surface area contributed by atoms with E-state index in [9.17, 15) is 14.4 Å². The highest BCUT2D eigenvalue weighted by Gasteiger charge is 2.32. The molecule has 0 spiro atoms. The smallest absolute Gasteiger partial charge is 0.357 e. The van der Waals surface area contributed by atoms with Gasteiger partial charge in [-0.2, -0.15) is 5.10 Å². The molecule has 194 valence electrons.